The van der Waals surface area contributed by atoms with Crippen molar-refractivity contribution in [2.45, 2.75) is 4.90 Å². The maximum Gasteiger partial charge on any atom is 0.488 e. The van der Waals surface area contributed by atoms with Gasteiger partial charge in [-0.2, -0.15) is 8.42 Å². The van der Waals surface area contributed by atoms with E-state index < -0.39 is 31.2 Å². The molecular weight excluding hydrogens is 277 g/mol. The van der Waals surface area contributed by atoms with Crippen molar-refractivity contribution in [3.8, 4) is 11.5 Å². The lowest BCUT2D eigenvalue weighted by Crippen LogP contribution is -2.12. The molecule has 0 aromatic heterocycles. The summed E-state index contributed by atoms with van der Waals surface area (Å²) in [6.45, 7) is 0. The molecule has 1 aromatic carbocycles. The van der Waals surface area contributed by atoms with Gasteiger partial charge in [0.25, 0.3) is 0 Å². The molecule has 0 radical (unpaired) electrons. The molecule has 1 aromatic rings. The van der Waals surface area contributed by atoms with Gasteiger partial charge in [0.15, 0.2) is 11.5 Å². The Morgan fingerprint density at radius 1 is 1.18 bits per heavy atom. The number of halogens is 1. The average molecular weight is 285 g/mol. The number of methoxy groups -OCH3 is 1. The number of rotatable bonds is 4. The minimum absolute atomic E-state index is 0.154. The number of sulfonamides is 1. The Balaban J connectivity index is 3.35. The quantitative estimate of drug-likeness (QED) is 0.775. The molecule has 0 spiro atoms. The second-order valence-electron chi connectivity index (χ2n) is 2.83. The number of nitrogens with two attached hydrogens (primary N) is 1. The summed E-state index contributed by atoms with van der Waals surface area (Å²) < 4.78 is 63.5. The fraction of sp³-hybridized carbons (Fsp3) is 0.143. The van der Waals surface area contributed by atoms with Gasteiger partial charge in [-0.15, -0.1) is 0 Å². The summed E-state index contributed by atoms with van der Waals surface area (Å²) in [5, 5.41) is 4.81. The number of hydrogen-bond donors (Lipinski definition) is 1. The van der Waals surface area contributed by atoms with E-state index >= 15 is 0 Å². The normalized spacial score (nSPS) is 12.2. The Hall–Kier alpha value is -1.39. The monoisotopic (exact) mass is 285 g/mol. The van der Waals surface area contributed by atoms with Crippen LogP contribution in [0.2, 0.25) is 0 Å². The minimum atomic E-state index is -5.29. The van der Waals surface area contributed by atoms with E-state index in [1.807, 2.05) is 0 Å². The summed E-state index contributed by atoms with van der Waals surface area (Å²) in [7, 11) is -8.18. The minimum Gasteiger partial charge on any atom is -0.493 e. The number of primary sulfonamides is 1. The van der Waals surface area contributed by atoms with Gasteiger partial charge in [-0.05, 0) is 12.1 Å². The smallest absolute Gasteiger partial charge is 0.488 e. The van der Waals surface area contributed by atoms with Crippen LogP contribution in [0, 0.1) is 0 Å². The zero-order valence-corrected chi connectivity index (χ0v) is 10.1. The van der Waals surface area contributed by atoms with Crippen molar-refractivity contribution < 1.29 is 29.6 Å². The molecule has 10 heteroatoms. The van der Waals surface area contributed by atoms with Crippen molar-refractivity contribution in [2.75, 3.05) is 7.11 Å². The van der Waals surface area contributed by atoms with E-state index in [0.29, 0.717) is 0 Å². The van der Waals surface area contributed by atoms with Crippen LogP contribution in [-0.4, -0.2) is 23.9 Å². The maximum atomic E-state index is 12.3. The molecule has 2 N–H and O–H groups in total. The average Bonchev–Trinajstić information content (AvgIpc) is 2.13. The topological polar surface area (TPSA) is 113 Å². The molecule has 0 aliphatic rings. The zero-order chi connectivity index (χ0) is 13.3. The van der Waals surface area contributed by atoms with E-state index in [9.17, 15) is 20.7 Å². The maximum absolute atomic E-state index is 12.3. The molecule has 0 aliphatic heterocycles. The Morgan fingerprint density at radius 2 is 1.76 bits per heavy atom. The molecule has 17 heavy (non-hydrogen) atoms. The first-order chi connectivity index (χ1) is 7.63. The van der Waals surface area contributed by atoms with Gasteiger partial charge in [-0.3, -0.25) is 0 Å². The van der Waals surface area contributed by atoms with Gasteiger partial charge in [-0.25, -0.2) is 13.6 Å². The van der Waals surface area contributed by atoms with Gasteiger partial charge in [0.1, 0.15) is 0 Å². The Bertz CT molecular complexity index is 624. The summed E-state index contributed by atoms with van der Waals surface area (Å²) in [5.74, 6) is -0.764. The molecule has 0 fully saturated rings. The summed E-state index contributed by atoms with van der Waals surface area (Å²) in [6, 6.07) is 2.89. The molecule has 0 unspecified atom stereocenters. The van der Waals surface area contributed by atoms with Crippen LogP contribution in [0.3, 0.4) is 0 Å². The zero-order valence-electron chi connectivity index (χ0n) is 8.45. The van der Waals surface area contributed by atoms with Gasteiger partial charge in [0, 0.05) is 6.07 Å². The first-order valence-electron chi connectivity index (χ1n) is 3.98. The van der Waals surface area contributed by atoms with Gasteiger partial charge < -0.3 is 8.92 Å². The largest absolute Gasteiger partial charge is 0.493 e. The molecule has 7 nitrogen and oxygen atoms in total. The van der Waals surface area contributed by atoms with Crippen LogP contribution < -0.4 is 14.1 Å². The molecule has 0 saturated carbocycles. The van der Waals surface area contributed by atoms with E-state index in [0.717, 1.165) is 18.2 Å². The van der Waals surface area contributed by atoms with Crippen LogP contribution in [0.15, 0.2) is 23.1 Å². The molecule has 96 valence electrons. The SMILES string of the molecule is COc1ccc(S(N)(=O)=O)cc1OS(=O)(=O)F. The van der Waals surface area contributed by atoms with Crippen LogP contribution in [0.1, 0.15) is 0 Å². The van der Waals surface area contributed by atoms with Gasteiger partial charge >= 0.3 is 10.5 Å². The Labute approximate surface area is 97.4 Å². The molecule has 0 bridgehead atoms. The molecule has 1 rings (SSSR count). The molecule has 0 saturated heterocycles. The number of benzene rings is 1. The van der Waals surface area contributed by atoms with Gasteiger partial charge in [0.05, 0.1) is 12.0 Å². The van der Waals surface area contributed by atoms with E-state index in [-0.39, 0.29) is 5.75 Å². The van der Waals surface area contributed by atoms with Crippen molar-refractivity contribution in [1.82, 2.24) is 0 Å². The third kappa shape index (κ3) is 3.84. The highest BCUT2D eigenvalue weighted by atomic mass is 32.3. The summed E-state index contributed by atoms with van der Waals surface area (Å²) in [5.41, 5.74) is 0. The molecule has 0 amide bonds. The fourth-order valence-corrected chi connectivity index (χ4v) is 1.88. The van der Waals surface area contributed by atoms with Crippen molar-refractivity contribution >= 4 is 20.5 Å². The summed E-state index contributed by atoms with van der Waals surface area (Å²) >= 11 is 0. The van der Waals surface area contributed by atoms with E-state index in [1.165, 1.54) is 7.11 Å². The number of hydrogen-bond acceptors (Lipinski definition) is 6. The molecule has 0 aliphatic carbocycles. The predicted molar refractivity (Wildman–Crippen MR) is 55.0 cm³/mol. The van der Waals surface area contributed by atoms with Crippen molar-refractivity contribution in [3.63, 3.8) is 0 Å². The number of ether oxygens (including phenoxy) is 1. The van der Waals surface area contributed by atoms with Crippen LogP contribution in [0.4, 0.5) is 3.89 Å². The first kappa shape index (κ1) is 13.7. The van der Waals surface area contributed by atoms with Crippen molar-refractivity contribution in [1.29, 1.82) is 0 Å². The van der Waals surface area contributed by atoms with E-state index in [2.05, 4.69) is 8.92 Å². The molecule has 0 atom stereocenters. The lowest BCUT2D eigenvalue weighted by molar-refractivity contribution is 0.380. The Morgan fingerprint density at radius 3 is 2.18 bits per heavy atom. The van der Waals surface area contributed by atoms with Crippen LogP contribution in [0.5, 0.6) is 11.5 Å². The highest BCUT2D eigenvalue weighted by Crippen LogP contribution is 2.30. The predicted octanol–water partition coefficient (Wildman–Crippen LogP) is -0.0643. The second-order valence-corrected chi connectivity index (χ2v) is 5.35. The van der Waals surface area contributed by atoms with Crippen molar-refractivity contribution in [3.05, 3.63) is 18.2 Å². The van der Waals surface area contributed by atoms with Gasteiger partial charge in [0.2, 0.25) is 10.0 Å². The summed E-state index contributed by atoms with van der Waals surface area (Å²) in [4.78, 5) is -0.433. The third-order valence-corrected chi connectivity index (χ3v) is 2.94. The van der Waals surface area contributed by atoms with Crippen LogP contribution >= 0.6 is 0 Å². The van der Waals surface area contributed by atoms with E-state index in [4.69, 9.17) is 5.14 Å². The standard InChI is InChI=1S/C7H8FNO6S2/c1-14-6-3-2-5(16(9,10)11)4-7(6)15-17(8,12)13/h2-4H,1H3,(H2,9,10,11). The van der Waals surface area contributed by atoms with Gasteiger partial charge in [-0.1, -0.05) is 3.89 Å². The summed E-state index contributed by atoms with van der Waals surface area (Å²) in [6.07, 6.45) is 0. The lowest BCUT2D eigenvalue weighted by Gasteiger charge is -2.08. The van der Waals surface area contributed by atoms with E-state index in [1.54, 1.807) is 0 Å². The molecular formula is C7H8FNO6S2. The van der Waals surface area contributed by atoms with Crippen LogP contribution in [0.25, 0.3) is 0 Å². The highest BCUT2D eigenvalue weighted by molar-refractivity contribution is 7.89. The van der Waals surface area contributed by atoms with Crippen molar-refractivity contribution in [2.24, 2.45) is 5.14 Å². The van der Waals surface area contributed by atoms with Crippen LogP contribution in [-0.2, 0) is 20.5 Å². The lowest BCUT2D eigenvalue weighted by atomic mass is 10.3. The molecule has 0 heterocycles. The highest BCUT2D eigenvalue weighted by Gasteiger charge is 2.18. The fourth-order valence-electron chi connectivity index (χ4n) is 1.01. The first-order valence-corrected chi connectivity index (χ1v) is 6.84. The second kappa shape index (κ2) is 4.47. The third-order valence-electron chi connectivity index (χ3n) is 1.65. The Kier molecular flexibility index (Phi) is 3.59.